The van der Waals surface area contributed by atoms with Gasteiger partial charge in [0, 0.05) is 15.6 Å². The number of halogens is 1. The Morgan fingerprint density at radius 1 is 1.50 bits per heavy atom. The summed E-state index contributed by atoms with van der Waals surface area (Å²) in [6, 6.07) is 6.45. The Morgan fingerprint density at radius 3 is 3.00 bits per heavy atom. The largest absolute Gasteiger partial charge is 0.508 e. The molecule has 0 bridgehead atoms. The van der Waals surface area contributed by atoms with Crippen LogP contribution in [0.4, 0.5) is 4.39 Å². The summed E-state index contributed by atoms with van der Waals surface area (Å²) in [6.45, 7) is 0. The second kappa shape index (κ2) is 3.28. The summed E-state index contributed by atoms with van der Waals surface area (Å²) in [5.74, 6) is 0.0526. The molecule has 0 aliphatic carbocycles. The molecule has 2 aromatic rings. The first kappa shape index (κ1) is 8.97. The minimum atomic E-state index is -0.301. The third-order valence-corrected chi connectivity index (χ3v) is 2.90. The number of thiophene rings is 1. The summed E-state index contributed by atoms with van der Waals surface area (Å²) in [5, 5.41) is 18.4. The molecule has 4 heteroatoms. The summed E-state index contributed by atoms with van der Waals surface area (Å²) in [5.41, 5.74) is 0.505. The minimum Gasteiger partial charge on any atom is -0.508 e. The number of phenols is 1. The Morgan fingerprint density at radius 2 is 2.29 bits per heavy atom. The van der Waals surface area contributed by atoms with Crippen LogP contribution in [0.15, 0.2) is 18.2 Å². The molecule has 0 saturated heterocycles. The molecule has 0 saturated carbocycles. The van der Waals surface area contributed by atoms with Gasteiger partial charge in [0.15, 0.2) is 5.13 Å². The van der Waals surface area contributed by atoms with Crippen LogP contribution in [0.5, 0.6) is 5.75 Å². The number of nitrogens with zero attached hydrogens (tertiary/aromatic N) is 1. The highest BCUT2D eigenvalue weighted by molar-refractivity contribution is 7.17. The number of aromatic hydroxyl groups is 1. The molecule has 0 aliphatic rings. The highest BCUT2D eigenvalue weighted by Gasteiger charge is 2.09. The Bertz CT molecular complexity index is 527. The molecule has 0 fully saturated rings. The molecule has 0 atom stereocenters. The topological polar surface area (TPSA) is 44.0 Å². The first-order valence-electron chi connectivity index (χ1n) is 3.99. The van der Waals surface area contributed by atoms with Crippen molar-refractivity contribution in [1.29, 1.82) is 5.26 Å². The Kier molecular flexibility index (Phi) is 2.10. The lowest BCUT2D eigenvalue weighted by Gasteiger charge is -2.00. The number of rotatable bonds is 1. The summed E-state index contributed by atoms with van der Waals surface area (Å²) < 4.78 is 13.7. The molecule has 0 amide bonds. The van der Waals surface area contributed by atoms with Crippen molar-refractivity contribution in [3.8, 4) is 11.8 Å². The lowest BCUT2D eigenvalue weighted by molar-refractivity contribution is 0.471. The van der Waals surface area contributed by atoms with Gasteiger partial charge in [0.05, 0.1) is 12.5 Å². The number of benzene rings is 1. The molecule has 1 aromatic carbocycles. The smallest absolute Gasteiger partial charge is 0.177 e. The van der Waals surface area contributed by atoms with Gasteiger partial charge >= 0.3 is 0 Å². The third-order valence-electron chi connectivity index (χ3n) is 2.01. The predicted molar refractivity (Wildman–Crippen MR) is 52.8 cm³/mol. The molecular formula is C10H6FNOS. The van der Waals surface area contributed by atoms with Crippen molar-refractivity contribution in [2.45, 2.75) is 6.42 Å². The fraction of sp³-hybridized carbons (Fsp3) is 0.100. The Balaban J connectivity index is 2.76. The molecule has 14 heavy (non-hydrogen) atoms. The molecule has 0 unspecified atom stereocenters. The van der Waals surface area contributed by atoms with Crippen LogP contribution in [0.3, 0.4) is 0 Å². The van der Waals surface area contributed by atoms with Crippen LogP contribution in [0.1, 0.15) is 5.56 Å². The van der Waals surface area contributed by atoms with Gasteiger partial charge in [-0.3, -0.25) is 0 Å². The highest BCUT2D eigenvalue weighted by atomic mass is 32.1. The highest BCUT2D eigenvalue weighted by Crippen LogP contribution is 2.32. The molecule has 2 nitrogen and oxygen atoms in total. The van der Waals surface area contributed by atoms with Crippen molar-refractivity contribution in [1.82, 2.24) is 0 Å². The van der Waals surface area contributed by atoms with E-state index in [1.807, 2.05) is 6.07 Å². The van der Waals surface area contributed by atoms with Crippen LogP contribution in [-0.4, -0.2) is 5.11 Å². The van der Waals surface area contributed by atoms with Gasteiger partial charge in [-0.2, -0.15) is 9.65 Å². The van der Waals surface area contributed by atoms with E-state index in [4.69, 9.17) is 5.26 Å². The van der Waals surface area contributed by atoms with E-state index in [-0.39, 0.29) is 17.3 Å². The van der Waals surface area contributed by atoms with Gasteiger partial charge in [-0.15, -0.1) is 11.3 Å². The Hall–Kier alpha value is -1.60. The van der Waals surface area contributed by atoms with Gasteiger partial charge in [0.25, 0.3) is 0 Å². The number of fused-ring (bicyclic) bond motifs is 1. The van der Waals surface area contributed by atoms with Gasteiger partial charge in [-0.05, 0) is 18.2 Å². The molecule has 70 valence electrons. The van der Waals surface area contributed by atoms with Crippen molar-refractivity contribution >= 4 is 21.4 Å². The number of hydrogen-bond acceptors (Lipinski definition) is 3. The molecule has 0 radical (unpaired) electrons. The standard InChI is InChI=1S/C10H6FNOS/c11-10-5-7-6(3-4-12)8(13)1-2-9(7)14-10/h1-2,5,13H,3H2. The maximum atomic E-state index is 12.9. The van der Waals surface area contributed by atoms with Crippen molar-refractivity contribution < 1.29 is 9.50 Å². The molecular weight excluding hydrogens is 201 g/mol. The second-order valence-corrected chi connectivity index (χ2v) is 3.89. The van der Waals surface area contributed by atoms with Crippen LogP contribution >= 0.6 is 11.3 Å². The zero-order chi connectivity index (χ0) is 10.1. The van der Waals surface area contributed by atoms with Crippen LogP contribution in [0, 0.1) is 16.5 Å². The van der Waals surface area contributed by atoms with E-state index in [2.05, 4.69) is 0 Å². The molecule has 2 rings (SSSR count). The van der Waals surface area contributed by atoms with Crippen LogP contribution < -0.4 is 0 Å². The maximum Gasteiger partial charge on any atom is 0.177 e. The average molecular weight is 207 g/mol. The quantitative estimate of drug-likeness (QED) is 0.781. The van der Waals surface area contributed by atoms with E-state index in [0.29, 0.717) is 10.9 Å². The second-order valence-electron chi connectivity index (χ2n) is 2.86. The molecule has 1 N–H and O–H groups in total. The predicted octanol–water partition coefficient (Wildman–Crippen LogP) is 2.81. The van der Waals surface area contributed by atoms with Gasteiger partial charge < -0.3 is 5.11 Å². The summed E-state index contributed by atoms with van der Waals surface area (Å²) in [4.78, 5) is 0. The molecule has 0 aliphatic heterocycles. The monoisotopic (exact) mass is 207 g/mol. The SMILES string of the molecule is N#CCc1c(O)ccc2sc(F)cc12. The van der Waals surface area contributed by atoms with Gasteiger partial charge in [0.1, 0.15) is 5.75 Å². The van der Waals surface area contributed by atoms with Crippen molar-refractivity contribution in [3.05, 3.63) is 28.9 Å². The molecule has 0 spiro atoms. The molecule has 1 aromatic heterocycles. The maximum absolute atomic E-state index is 12.9. The third kappa shape index (κ3) is 1.32. The van der Waals surface area contributed by atoms with Gasteiger partial charge in [0.2, 0.25) is 0 Å². The fourth-order valence-electron chi connectivity index (χ4n) is 1.39. The first-order valence-corrected chi connectivity index (χ1v) is 4.81. The van der Waals surface area contributed by atoms with E-state index < -0.39 is 0 Å². The van der Waals surface area contributed by atoms with E-state index in [1.165, 1.54) is 12.1 Å². The lowest BCUT2D eigenvalue weighted by Crippen LogP contribution is -1.83. The summed E-state index contributed by atoms with van der Waals surface area (Å²) in [7, 11) is 0. The van der Waals surface area contributed by atoms with E-state index in [1.54, 1.807) is 6.07 Å². The average Bonchev–Trinajstić information content (AvgIpc) is 2.51. The summed E-state index contributed by atoms with van der Waals surface area (Å²) in [6.07, 6.45) is 0.0966. The van der Waals surface area contributed by atoms with E-state index in [0.717, 1.165) is 16.0 Å². The van der Waals surface area contributed by atoms with Gasteiger partial charge in [-0.1, -0.05) is 0 Å². The number of phenolic OH excluding ortho intramolecular Hbond substituents is 1. The van der Waals surface area contributed by atoms with Crippen LogP contribution in [0.2, 0.25) is 0 Å². The van der Waals surface area contributed by atoms with Crippen molar-refractivity contribution in [3.63, 3.8) is 0 Å². The van der Waals surface area contributed by atoms with E-state index >= 15 is 0 Å². The first-order chi connectivity index (χ1) is 6.72. The van der Waals surface area contributed by atoms with Crippen molar-refractivity contribution in [2.24, 2.45) is 0 Å². The number of hydrogen-bond donors (Lipinski definition) is 1. The van der Waals surface area contributed by atoms with Crippen LogP contribution in [-0.2, 0) is 6.42 Å². The lowest BCUT2D eigenvalue weighted by atomic mass is 10.1. The van der Waals surface area contributed by atoms with Crippen LogP contribution in [0.25, 0.3) is 10.1 Å². The summed E-state index contributed by atoms with van der Waals surface area (Å²) >= 11 is 1.01. The van der Waals surface area contributed by atoms with Gasteiger partial charge in [-0.25, -0.2) is 0 Å². The zero-order valence-corrected chi connectivity index (χ0v) is 7.94. The molecule has 1 heterocycles. The fourth-order valence-corrected chi connectivity index (χ4v) is 2.21. The Labute approximate surface area is 83.8 Å². The minimum absolute atomic E-state index is 0.0526. The zero-order valence-electron chi connectivity index (χ0n) is 7.12. The van der Waals surface area contributed by atoms with Crippen molar-refractivity contribution in [2.75, 3.05) is 0 Å². The normalized spacial score (nSPS) is 10.3. The number of nitriles is 1. The van der Waals surface area contributed by atoms with E-state index in [9.17, 15) is 9.50 Å².